The predicted molar refractivity (Wildman–Crippen MR) is 87.2 cm³/mol. The lowest BCUT2D eigenvalue weighted by atomic mass is 10.1. The molecule has 108 valence electrons. The van der Waals surface area contributed by atoms with Crippen molar-refractivity contribution >= 4 is 29.4 Å². The van der Waals surface area contributed by atoms with Gasteiger partial charge in [-0.2, -0.15) is 23.5 Å². The minimum atomic E-state index is 0.0509. The Morgan fingerprint density at radius 1 is 1.40 bits per heavy atom. The fourth-order valence-electron chi connectivity index (χ4n) is 2.75. The zero-order valence-corrected chi connectivity index (χ0v) is 13.3. The number of amides is 1. The molecule has 2 saturated heterocycles. The maximum atomic E-state index is 12.2. The van der Waals surface area contributed by atoms with Crippen LogP contribution < -0.4 is 5.32 Å². The molecule has 0 bridgehead atoms. The van der Waals surface area contributed by atoms with Crippen LogP contribution >= 0.6 is 23.5 Å². The molecule has 2 heterocycles. The number of nitrogens with zero attached hydrogens (tertiary/aromatic N) is 1. The van der Waals surface area contributed by atoms with E-state index < -0.39 is 0 Å². The molecular formula is C15H20N2OS2. The van der Waals surface area contributed by atoms with Crippen LogP contribution in [0.15, 0.2) is 24.3 Å². The fraction of sp³-hybridized carbons (Fsp3) is 0.533. The van der Waals surface area contributed by atoms with Crippen molar-refractivity contribution in [3.05, 3.63) is 35.4 Å². The molecule has 1 aromatic carbocycles. The third-order valence-electron chi connectivity index (χ3n) is 3.72. The monoisotopic (exact) mass is 308 g/mol. The topological polar surface area (TPSA) is 32.3 Å². The molecule has 20 heavy (non-hydrogen) atoms. The number of aryl methyl sites for hydroxylation is 1. The van der Waals surface area contributed by atoms with E-state index in [0.717, 1.165) is 12.3 Å². The Morgan fingerprint density at radius 2 is 2.30 bits per heavy atom. The van der Waals surface area contributed by atoms with Gasteiger partial charge in [-0.3, -0.25) is 10.1 Å². The number of carbonyl (C=O) groups excluding carboxylic acids is 1. The molecule has 0 aliphatic carbocycles. The van der Waals surface area contributed by atoms with Crippen LogP contribution in [0.5, 0.6) is 0 Å². The van der Waals surface area contributed by atoms with E-state index >= 15 is 0 Å². The van der Waals surface area contributed by atoms with Crippen LogP contribution in [0, 0.1) is 6.92 Å². The van der Waals surface area contributed by atoms with Crippen LogP contribution in [-0.2, 0) is 4.79 Å². The Balaban J connectivity index is 1.74. The first-order chi connectivity index (χ1) is 9.74. The summed E-state index contributed by atoms with van der Waals surface area (Å²) in [4.78, 5) is 14.2. The molecular weight excluding hydrogens is 288 g/mol. The summed E-state index contributed by atoms with van der Waals surface area (Å²) in [6, 6.07) is 8.45. The molecule has 2 unspecified atom stereocenters. The highest BCUT2D eigenvalue weighted by molar-refractivity contribution is 8.06. The standard InChI is InChI=1S/C15H20N2OS2/c1-11-3-2-4-12(7-11)15-16-8-14(18)17(15)9-13-10-19-5-6-20-13/h2-4,7,13,15-16H,5-6,8-10H2,1H3. The summed E-state index contributed by atoms with van der Waals surface area (Å²) in [6.45, 7) is 3.42. The highest BCUT2D eigenvalue weighted by Crippen LogP contribution is 2.29. The van der Waals surface area contributed by atoms with Gasteiger partial charge in [-0.05, 0) is 12.5 Å². The summed E-state index contributed by atoms with van der Waals surface area (Å²) in [7, 11) is 0. The van der Waals surface area contributed by atoms with Gasteiger partial charge in [-0.15, -0.1) is 0 Å². The van der Waals surface area contributed by atoms with Gasteiger partial charge >= 0.3 is 0 Å². The lowest BCUT2D eigenvalue weighted by molar-refractivity contribution is -0.128. The van der Waals surface area contributed by atoms with Gasteiger partial charge in [0, 0.05) is 29.1 Å². The second-order valence-electron chi connectivity index (χ2n) is 5.31. The van der Waals surface area contributed by atoms with E-state index in [9.17, 15) is 4.79 Å². The van der Waals surface area contributed by atoms with Gasteiger partial charge in [-0.1, -0.05) is 29.8 Å². The van der Waals surface area contributed by atoms with Crippen LogP contribution in [0.3, 0.4) is 0 Å². The van der Waals surface area contributed by atoms with Gasteiger partial charge in [0.25, 0.3) is 0 Å². The predicted octanol–water partition coefficient (Wildman–Crippen LogP) is 2.27. The number of hydrogen-bond acceptors (Lipinski definition) is 4. The van der Waals surface area contributed by atoms with Crippen molar-refractivity contribution in [1.82, 2.24) is 10.2 Å². The molecule has 5 heteroatoms. The van der Waals surface area contributed by atoms with Gasteiger partial charge in [0.2, 0.25) is 5.91 Å². The Bertz CT molecular complexity index is 489. The number of hydrogen-bond donors (Lipinski definition) is 1. The smallest absolute Gasteiger partial charge is 0.238 e. The normalized spacial score (nSPS) is 27.1. The molecule has 2 fully saturated rings. The number of benzene rings is 1. The van der Waals surface area contributed by atoms with Crippen molar-refractivity contribution < 1.29 is 4.79 Å². The second kappa shape index (κ2) is 6.41. The molecule has 2 atom stereocenters. The minimum absolute atomic E-state index is 0.0509. The van der Waals surface area contributed by atoms with Crippen LogP contribution in [0.2, 0.25) is 0 Å². The molecule has 0 saturated carbocycles. The SMILES string of the molecule is Cc1cccc(C2NCC(=O)N2CC2CSCCS2)c1. The van der Waals surface area contributed by atoms with Crippen LogP contribution in [0.25, 0.3) is 0 Å². The lowest BCUT2D eigenvalue weighted by Crippen LogP contribution is -2.37. The van der Waals surface area contributed by atoms with Crippen molar-refractivity contribution in [2.24, 2.45) is 0 Å². The Labute approximate surface area is 128 Å². The average molecular weight is 308 g/mol. The van der Waals surface area contributed by atoms with E-state index in [-0.39, 0.29) is 12.1 Å². The van der Waals surface area contributed by atoms with Gasteiger partial charge in [0.1, 0.15) is 6.17 Å². The number of carbonyl (C=O) groups is 1. The number of nitrogens with one attached hydrogen (secondary N) is 1. The Kier molecular flexibility index (Phi) is 4.58. The van der Waals surface area contributed by atoms with Crippen LogP contribution in [-0.4, -0.2) is 46.4 Å². The van der Waals surface area contributed by atoms with Crippen LogP contribution in [0.4, 0.5) is 0 Å². The largest absolute Gasteiger partial charge is 0.321 e. The van der Waals surface area contributed by atoms with Gasteiger partial charge < -0.3 is 4.90 Å². The third kappa shape index (κ3) is 3.15. The third-order valence-corrected chi connectivity index (χ3v) is 6.55. The molecule has 1 amide bonds. The molecule has 0 radical (unpaired) electrons. The minimum Gasteiger partial charge on any atom is -0.321 e. The summed E-state index contributed by atoms with van der Waals surface area (Å²) in [6.07, 6.45) is 0.0509. The molecule has 3 nitrogen and oxygen atoms in total. The van der Waals surface area contributed by atoms with E-state index in [4.69, 9.17) is 0 Å². The summed E-state index contributed by atoms with van der Waals surface area (Å²) < 4.78 is 0. The Morgan fingerprint density at radius 3 is 3.05 bits per heavy atom. The van der Waals surface area contributed by atoms with Crippen LogP contribution in [0.1, 0.15) is 17.3 Å². The zero-order valence-electron chi connectivity index (χ0n) is 11.7. The average Bonchev–Trinajstić information content (AvgIpc) is 2.82. The fourth-order valence-corrected chi connectivity index (χ4v) is 5.41. The molecule has 1 aromatic rings. The van der Waals surface area contributed by atoms with Crippen molar-refractivity contribution in [3.63, 3.8) is 0 Å². The number of rotatable bonds is 3. The summed E-state index contributed by atoms with van der Waals surface area (Å²) in [5.41, 5.74) is 2.44. The van der Waals surface area contributed by atoms with Crippen molar-refractivity contribution in [2.45, 2.75) is 18.3 Å². The summed E-state index contributed by atoms with van der Waals surface area (Å²) >= 11 is 4.02. The van der Waals surface area contributed by atoms with Crippen molar-refractivity contribution in [1.29, 1.82) is 0 Å². The highest BCUT2D eigenvalue weighted by atomic mass is 32.2. The van der Waals surface area contributed by atoms with Gasteiger partial charge in [0.05, 0.1) is 6.54 Å². The molecule has 0 spiro atoms. The van der Waals surface area contributed by atoms with Crippen molar-refractivity contribution in [3.8, 4) is 0 Å². The molecule has 2 aliphatic rings. The summed E-state index contributed by atoms with van der Waals surface area (Å²) in [5, 5.41) is 3.92. The zero-order chi connectivity index (χ0) is 13.9. The molecule has 2 aliphatic heterocycles. The maximum absolute atomic E-state index is 12.2. The molecule has 3 rings (SSSR count). The van der Waals surface area contributed by atoms with E-state index in [0.29, 0.717) is 11.8 Å². The van der Waals surface area contributed by atoms with E-state index in [1.807, 2.05) is 28.4 Å². The highest BCUT2D eigenvalue weighted by Gasteiger charge is 2.33. The first-order valence-corrected chi connectivity index (χ1v) is 9.23. The first kappa shape index (κ1) is 14.3. The summed E-state index contributed by atoms with van der Waals surface area (Å²) in [5.74, 6) is 3.84. The van der Waals surface area contributed by atoms with Crippen molar-refractivity contribution in [2.75, 3.05) is 30.3 Å². The van der Waals surface area contributed by atoms with Gasteiger partial charge in [-0.25, -0.2) is 0 Å². The van der Waals surface area contributed by atoms with E-state index in [1.54, 1.807) is 0 Å². The Hall–Kier alpha value is -0.650. The second-order valence-corrected chi connectivity index (χ2v) is 7.87. The van der Waals surface area contributed by atoms with E-state index in [1.165, 1.54) is 22.6 Å². The van der Waals surface area contributed by atoms with Gasteiger partial charge in [0.15, 0.2) is 0 Å². The quantitative estimate of drug-likeness (QED) is 0.928. The molecule has 1 N–H and O–H groups in total. The number of thioether (sulfide) groups is 2. The maximum Gasteiger partial charge on any atom is 0.238 e. The molecule has 0 aromatic heterocycles. The van der Waals surface area contributed by atoms with E-state index in [2.05, 4.69) is 36.5 Å². The first-order valence-electron chi connectivity index (χ1n) is 7.03. The lowest BCUT2D eigenvalue weighted by Gasteiger charge is -2.30.